The fraction of sp³-hybridized carbons (Fsp3) is 0.368. The molecule has 0 saturated heterocycles. The highest BCUT2D eigenvalue weighted by Crippen LogP contribution is 2.36. The van der Waals surface area contributed by atoms with Crippen molar-refractivity contribution in [2.75, 3.05) is 33.4 Å². The number of ether oxygens (including phenoxy) is 2. The maximum Gasteiger partial charge on any atom is 0.180 e. The molecule has 0 aliphatic heterocycles. The maximum atomic E-state index is 8.71. The first-order valence-corrected chi connectivity index (χ1v) is 8.68. The van der Waals surface area contributed by atoms with E-state index in [1.807, 2.05) is 42.5 Å². The lowest BCUT2D eigenvalue weighted by atomic mass is 10.2. The van der Waals surface area contributed by atoms with Crippen LogP contribution >= 0.6 is 11.6 Å². The van der Waals surface area contributed by atoms with Gasteiger partial charge in [0.1, 0.15) is 6.61 Å². The molecule has 0 aromatic heterocycles. The number of aliphatic hydroxyl groups is 1. The van der Waals surface area contributed by atoms with Crippen molar-refractivity contribution in [2.45, 2.75) is 13.2 Å². The summed E-state index contributed by atoms with van der Waals surface area (Å²) in [5.41, 5.74) is 2.10. The highest BCUT2D eigenvalue weighted by atomic mass is 35.5. The largest absolute Gasteiger partial charge is 0.493 e. The molecular weight excluding hydrogens is 340 g/mol. The molecule has 0 amide bonds. The summed E-state index contributed by atoms with van der Waals surface area (Å²) in [5.74, 6) is 1.18. The average Bonchev–Trinajstić information content (AvgIpc) is 2.64. The summed E-state index contributed by atoms with van der Waals surface area (Å²) in [5, 5.41) is 15.7. The Balaban J connectivity index is 1.92. The zero-order valence-corrected chi connectivity index (χ0v) is 15.2. The van der Waals surface area contributed by atoms with Crippen LogP contribution in [0.25, 0.3) is 0 Å². The first-order valence-electron chi connectivity index (χ1n) is 8.30. The van der Waals surface area contributed by atoms with Crippen molar-refractivity contribution < 1.29 is 14.6 Å². The summed E-state index contributed by atoms with van der Waals surface area (Å²) in [6, 6.07) is 13.7. The van der Waals surface area contributed by atoms with Crippen LogP contribution in [0.15, 0.2) is 42.5 Å². The predicted molar refractivity (Wildman–Crippen MR) is 100 cm³/mol. The highest BCUT2D eigenvalue weighted by Gasteiger charge is 2.12. The molecule has 0 radical (unpaired) electrons. The van der Waals surface area contributed by atoms with Gasteiger partial charge in [-0.15, -0.1) is 0 Å². The number of hydrogen-bond donors (Lipinski definition) is 3. The minimum absolute atomic E-state index is 0.150. The summed E-state index contributed by atoms with van der Waals surface area (Å²) >= 11 is 6.39. The van der Waals surface area contributed by atoms with E-state index in [0.29, 0.717) is 36.2 Å². The molecular formula is C19H25ClN2O3. The fourth-order valence-electron chi connectivity index (χ4n) is 2.36. The van der Waals surface area contributed by atoms with Gasteiger partial charge in [-0.3, -0.25) is 0 Å². The van der Waals surface area contributed by atoms with Crippen LogP contribution in [-0.2, 0) is 13.2 Å². The number of hydrogen-bond acceptors (Lipinski definition) is 5. The van der Waals surface area contributed by atoms with Crippen LogP contribution in [0.4, 0.5) is 0 Å². The van der Waals surface area contributed by atoms with Crippen LogP contribution in [0.5, 0.6) is 11.5 Å². The fourth-order valence-corrected chi connectivity index (χ4v) is 2.65. The second-order valence-electron chi connectivity index (χ2n) is 5.53. The molecule has 0 atom stereocenters. The second kappa shape index (κ2) is 10.9. The molecule has 0 fully saturated rings. The molecule has 25 heavy (non-hydrogen) atoms. The van der Waals surface area contributed by atoms with Crippen LogP contribution in [0.1, 0.15) is 11.1 Å². The van der Waals surface area contributed by atoms with E-state index in [4.69, 9.17) is 26.2 Å². The molecule has 0 aliphatic rings. The first kappa shape index (κ1) is 19.5. The van der Waals surface area contributed by atoms with Gasteiger partial charge in [0.2, 0.25) is 0 Å². The van der Waals surface area contributed by atoms with Gasteiger partial charge >= 0.3 is 0 Å². The Bertz CT molecular complexity index is 638. The Hall–Kier alpha value is -1.79. The van der Waals surface area contributed by atoms with Gasteiger partial charge in [0.25, 0.3) is 0 Å². The zero-order chi connectivity index (χ0) is 17.9. The van der Waals surface area contributed by atoms with Crippen molar-refractivity contribution in [1.82, 2.24) is 10.6 Å². The van der Waals surface area contributed by atoms with E-state index >= 15 is 0 Å². The molecule has 3 N–H and O–H groups in total. The van der Waals surface area contributed by atoms with E-state index in [1.165, 1.54) is 0 Å². The summed E-state index contributed by atoms with van der Waals surface area (Å²) in [4.78, 5) is 0. The maximum absolute atomic E-state index is 8.71. The lowest BCUT2D eigenvalue weighted by molar-refractivity contribution is 0.284. The van der Waals surface area contributed by atoms with E-state index in [9.17, 15) is 0 Å². The van der Waals surface area contributed by atoms with Crippen LogP contribution in [0.2, 0.25) is 5.02 Å². The van der Waals surface area contributed by atoms with Gasteiger partial charge in [-0.2, -0.15) is 0 Å². The van der Waals surface area contributed by atoms with Crippen molar-refractivity contribution >= 4 is 11.6 Å². The Kier molecular flexibility index (Phi) is 8.55. The van der Waals surface area contributed by atoms with Gasteiger partial charge in [-0.1, -0.05) is 41.9 Å². The molecule has 0 heterocycles. The molecule has 2 rings (SSSR count). The van der Waals surface area contributed by atoms with Gasteiger partial charge in [0.15, 0.2) is 11.5 Å². The van der Waals surface area contributed by atoms with Crippen molar-refractivity contribution in [2.24, 2.45) is 0 Å². The van der Waals surface area contributed by atoms with Crippen LogP contribution in [0, 0.1) is 0 Å². The number of halogens is 1. The monoisotopic (exact) mass is 364 g/mol. The van der Waals surface area contributed by atoms with Gasteiger partial charge < -0.3 is 25.2 Å². The van der Waals surface area contributed by atoms with Crippen molar-refractivity contribution in [3.63, 3.8) is 0 Å². The summed E-state index contributed by atoms with van der Waals surface area (Å²) in [6.07, 6.45) is 0. The second-order valence-corrected chi connectivity index (χ2v) is 5.94. The van der Waals surface area contributed by atoms with Crippen LogP contribution < -0.4 is 20.1 Å². The van der Waals surface area contributed by atoms with Crippen molar-refractivity contribution in [3.8, 4) is 11.5 Å². The molecule has 6 heteroatoms. The molecule has 136 valence electrons. The third kappa shape index (κ3) is 6.55. The van der Waals surface area contributed by atoms with E-state index in [0.717, 1.165) is 24.2 Å². The van der Waals surface area contributed by atoms with Crippen LogP contribution in [0.3, 0.4) is 0 Å². The number of methoxy groups -OCH3 is 1. The third-order valence-corrected chi connectivity index (χ3v) is 3.89. The molecule has 2 aromatic rings. The highest BCUT2D eigenvalue weighted by molar-refractivity contribution is 6.32. The number of benzene rings is 2. The van der Waals surface area contributed by atoms with Crippen molar-refractivity contribution in [1.29, 1.82) is 0 Å². The van der Waals surface area contributed by atoms with E-state index in [-0.39, 0.29) is 6.61 Å². The molecule has 0 saturated carbocycles. The SMILES string of the molecule is COc1cc(CNCCNCCO)cc(Cl)c1OCc1ccccc1. The molecule has 0 unspecified atom stereocenters. The summed E-state index contributed by atoms with van der Waals surface area (Å²) in [6.45, 7) is 3.46. The Morgan fingerprint density at radius 3 is 2.48 bits per heavy atom. The van der Waals surface area contributed by atoms with Gasteiger partial charge in [-0.25, -0.2) is 0 Å². The number of aliphatic hydroxyl groups excluding tert-OH is 1. The van der Waals surface area contributed by atoms with Crippen molar-refractivity contribution in [3.05, 3.63) is 58.6 Å². The van der Waals surface area contributed by atoms with Crippen LogP contribution in [-0.4, -0.2) is 38.5 Å². The van der Waals surface area contributed by atoms with E-state index in [2.05, 4.69) is 10.6 Å². The van der Waals surface area contributed by atoms with Gasteiger partial charge in [-0.05, 0) is 23.3 Å². The number of rotatable bonds is 11. The lowest BCUT2D eigenvalue weighted by Gasteiger charge is -2.15. The third-order valence-electron chi connectivity index (χ3n) is 3.61. The Morgan fingerprint density at radius 1 is 1.00 bits per heavy atom. The minimum atomic E-state index is 0.150. The molecule has 0 spiro atoms. The van der Waals surface area contributed by atoms with Gasteiger partial charge in [0.05, 0.1) is 18.7 Å². The molecule has 2 aromatic carbocycles. The summed E-state index contributed by atoms with van der Waals surface area (Å²) in [7, 11) is 1.61. The molecule has 0 bridgehead atoms. The Labute approximate surface area is 153 Å². The zero-order valence-electron chi connectivity index (χ0n) is 14.4. The molecule has 5 nitrogen and oxygen atoms in total. The summed E-state index contributed by atoms with van der Waals surface area (Å²) < 4.78 is 11.3. The van der Waals surface area contributed by atoms with Gasteiger partial charge in [0, 0.05) is 26.2 Å². The smallest absolute Gasteiger partial charge is 0.180 e. The normalized spacial score (nSPS) is 10.7. The first-order chi connectivity index (χ1) is 12.2. The Morgan fingerprint density at radius 2 is 1.76 bits per heavy atom. The van der Waals surface area contributed by atoms with E-state index < -0.39 is 0 Å². The predicted octanol–water partition coefficient (Wildman–Crippen LogP) is 2.60. The minimum Gasteiger partial charge on any atom is -0.493 e. The standard InChI is InChI=1S/C19H25ClN2O3/c1-24-18-12-16(13-22-8-7-21-9-10-23)11-17(20)19(18)25-14-15-5-3-2-4-6-15/h2-6,11-12,21-23H,7-10,13-14H2,1H3. The molecule has 0 aliphatic carbocycles. The number of nitrogens with one attached hydrogen (secondary N) is 2. The topological polar surface area (TPSA) is 62.8 Å². The average molecular weight is 365 g/mol. The lowest BCUT2D eigenvalue weighted by Crippen LogP contribution is -2.28. The quantitative estimate of drug-likeness (QED) is 0.535. The van der Waals surface area contributed by atoms with E-state index in [1.54, 1.807) is 7.11 Å².